The third kappa shape index (κ3) is 3.70. The number of aryl methyl sites for hydroxylation is 2. The second-order valence-corrected chi connectivity index (χ2v) is 11.5. The maximum Gasteiger partial charge on any atom is 0.198 e. The Morgan fingerprint density at radius 1 is 0.341 bits per heavy atom. The van der Waals surface area contributed by atoms with Gasteiger partial charge in [-0.1, -0.05) is 108 Å². The fraction of sp³-hybridized carbons (Fsp3) is 0.0500. The lowest BCUT2D eigenvalue weighted by molar-refractivity contribution is 0.418. The summed E-state index contributed by atoms with van der Waals surface area (Å²) in [6.45, 7) is 3.99. The summed E-state index contributed by atoms with van der Waals surface area (Å²) >= 11 is 0. The van der Waals surface area contributed by atoms with Crippen LogP contribution in [0.4, 0.5) is 17.6 Å². The van der Waals surface area contributed by atoms with Crippen LogP contribution in [0, 0.1) is 37.1 Å². The first-order valence-corrected chi connectivity index (χ1v) is 14.5. The minimum Gasteiger partial charge on any atom is -0.203 e. The summed E-state index contributed by atoms with van der Waals surface area (Å²) in [5, 5.41) is 4.89. The highest BCUT2D eigenvalue weighted by atomic mass is 19.2. The Morgan fingerprint density at radius 3 is 1.05 bits per heavy atom. The van der Waals surface area contributed by atoms with E-state index >= 15 is 17.6 Å². The van der Waals surface area contributed by atoms with Crippen LogP contribution in [0.2, 0.25) is 0 Å². The van der Waals surface area contributed by atoms with Gasteiger partial charge >= 0.3 is 0 Å². The maximum absolute atomic E-state index is 16.1. The predicted octanol–water partition coefficient (Wildman–Crippen LogP) is 12.0. The topological polar surface area (TPSA) is 0 Å². The van der Waals surface area contributed by atoms with E-state index in [0.717, 1.165) is 54.9 Å². The van der Waals surface area contributed by atoms with E-state index < -0.39 is 23.3 Å². The molecule has 0 aromatic heterocycles. The molecule has 0 bridgehead atoms. The van der Waals surface area contributed by atoms with Gasteiger partial charge in [-0.15, -0.1) is 0 Å². The fourth-order valence-corrected chi connectivity index (χ4v) is 6.77. The zero-order chi connectivity index (χ0) is 30.3. The zero-order valence-electron chi connectivity index (χ0n) is 23.9. The first kappa shape index (κ1) is 26.4. The monoisotopic (exact) mass is 580 g/mol. The van der Waals surface area contributed by atoms with Crippen LogP contribution in [0.1, 0.15) is 11.1 Å². The van der Waals surface area contributed by atoms with Crippen molar-refractivity contribution in [2.24, 2.45) is 0 Å². The van der Waals surface area contributed by atoms with E-state index in [1.165, 1.54) is 0 Å². The normalized spacial score (nSPS) is 11.9. The van der Waals surface area contributed by atoms with Crippen molar-refractivity contribution >= 4 is 53.9 Å². The molecule has 4 heteroatoms. The average molecular weight is 581 g/mol. The van der Waals surface area contributed by atoms with Gasteiger partial charge in [-0.2, -0.15) is 0 Å². The lowest BCUT2D eigenvalue weighted by Crippen LogP contribution is -2.01. The van der Waals surface area contributed by atoms with Crippen LogP contribution in [0.15, 0.2) is 109 Å². The Balaban J connectivity index is 1.70. The number of hydrogen-bond donors (Lipinski definition) is 0. The molecule has 0 N–H and O–H groups in total. The van der Waals surface area contributed by atoms with Gasteiger partial charge in [-0.3, -0.25) is 0 Å². The van der Waals surface area contributed by atoms with Crippen molar-refractivity contribution in [1.29, 1.82) is 0 Å². The van der Waals surface area contributed by atoms with Gasteiger partial charge in [0.2, 0.25) is 0 Å². The van der Waals surface area contributed by atoms with Gasteiger partial charge in [-0.25, -0.2) is 17.6 Å². The molecule has 0 nitrogen and oxygen atoms in total. The van der Waals surface area contributed by atoms with Gasteiger partial charge in [0.25, 0.3) is 0 Å². The molecule has 0 saturated heterocycles. The molecule has 0 aliphatic heterocycles. The molecular formula is C40H24F4. The zero-order valence-corrected chi connectivity index (χ0v) is 23.9. The Labute approximate surface area is 250 Å². The van der Waals surface area contributed by atoms with E-state index in [0.29, 0.717) is 21.5 Å². The van der Waals surface area contributed by atoms with E-state index in [2.05, 4.69) is 0 Å². The molecular weight excluding hydrogens is 556 g/mol. The predicted molar refractivity (Wildman–Crippen MR) is 174 cm³/mol. The van der Waals surface area contributed by atoms with E-state index in [-0.39, 0.29) is 10.8 Å². The number of benzene rings is 8. The molecule has 212 valence electrons. The van der Waals surface area contributed by atoms with Crippen molar-refractivity contribution < 1.29 is 17.6 Å². The second kappa shape index (κ2) is 9.65. The summed E-state index contributed by atoms with van der Waals surface area (Å²) in [6.07, 6.45) is 0. The molecule has 0 aliphatic carbocycles. The molecule has 0 heterocycles. The molecule has 0 aliphatic rings. The van der Waals surface area contributed by atoms with Crippen molar-refractivity contribution in [2.75, 3.05) is 0 Å². The number of fused-ring (bicyclic) bond motifs is 10. The summed E-state index contributed by atoms with van der Waals surface area (Å²) in [6, 6.07) is 35.1. The highest BCUT2D eigenvalue weighted by Crippen LogP contribution is 2.48. The summed E-state index contributed by atoms with van der Waals surface area (Å²) in [7, 11) is 0. The summed E-state index contributed by atoms with van der Waals surface area (Å²) in [5.74, 6) is -6.44. The van der Waals surface area contributed by atoms with Crippen LogP contribution in [0.5, 0.6) is 0 Å². The molecule has 8 aromatic rings. The van der Waals surface area contributed by atoms with Crippen LogP contribution >= 0.6 is 0 Å². The van der Waals surface area contributed by atoms with E-state index in [1.807, 2.05) is 111 Å². The molecule has 8 rings (SSSR count). The minimum absolute atomic E-state index is 0.270. The Hall–Kier alpha value is -5.22. The van der Waals surface area contributed by atoms with Gasteiger partial charge in [0.05, 0.1) is 0 Å². The van der Waals surface area contributed by atoms with E-state index in [9.17, 15) is 0 Å². The average Bonchev–Trinajstić information content (AvgIpc) is 3.05. The second-order valence-electron chi connectivity index (χ2n) is 11.5. The number of hydrogen-bond acceptors (Lipinski definition) is 0. The largest absolute Gasteiger partial charge is 0.203 e. The SMILES string of the molecule is Cc1ccc(-c2cc3c4c(F)c(F)c(F)c(F)c4c4cc(-c5ccc(C)cc5)c5ccccc5c4c3c3ccccc23)cc1. The standard InChI is InChI=1S/C40H24F4/c1-21-11-15-23(16-12-21)29-19-31-33(27-9-5-3-7-25(27)29)34-28-10-6-4-8-26(28)30(24-17-13-22(2)14-18-24)20-32(34)36-35(31)37(41)39(43)40(44)38(36)42/h3-20H,1-2H3. The van der Waals surface area contributed by atoms with Crippen molar-refractivity contribution in [3.63, 3.8) is 0 Å². The summed E-state index contributed by atoms with van der Waals surface area (Å²) < 4.78 is 62.3. The molecule has 0 fully saturated rings. The Morgan fingerprint density at radius 2 is 0.682 bits per heavy atom. The molecule has 8 aromatic carbocycles. The van der Waals surface area contributed by atoms with Crippen molar-refractivity contribution in [2.45, 2.75) is 13.8 Å². The smallest absolute Gasteiger partial charge is 0.198 e. The highest BCUT2D eigenvalue weighted by molar-refractivity contribution is 6.38. The number of halogens is 4. The molecule has 0 spiro atoms. The van der Waals surface area contributed by atoms with Crippen LogP contribution in [-0.2, 0) is 0 Å². The van der Waals surface area contributed by atoms with Gasteiger partial charge in [0.1, 0.15) is 0 Å². The van der Waals surface area contributed by atoms with Gasteiger partial charge in [0.15, 0.2) is 23.3 Å². The fourth-order valence-electron chi connectivity index (χ4n) is 6.77. The van der Waals surface area contributed by atoms with Gasteiger partial charge in [-0.05, 0) is 91.3 Å². The molecule has 0 saturated carbocycles. The van der Waals surface area contributed by atoms with Crippen molar-refractivity contribution in [1.82, 2.24) is 0 Å². The van der Waals surface area contributed by atoms with E-state index in [4.69, 9.17) is 0 Å². The van der Waals surface area contributed by atoms with Crippen molar-refractivity contribution in [3.8, 4) is 22.3 Å². The van der Waals surface area contributed by atoms with Gasteiger partial charge < -0.3 is 0 Å². The molecule has 0 unspecified atom stereocenters. The first-order valence-electron chi connectivity index (χ1n) is 14.5. The summed E-state index contributed by atoms with van der Waals surface area (Å²) in [5.41, 5.74) is 5.50. The first-order chi connectivity index (χ1) is 21.3. The van der Waals surface area contributed by atoms with E-state index in [1.54, 1.807) is 12.1 Å². The molecule has 0 atom stereocenters. The van der Waals surface area contributed by atoms with Gasteiger partial charge in [0, 0.05) is 10.8 Å². The molecule has 0 amide bonds. The lowest BCUT2D eigenvalue weighted by Gasteiger charge is -2.20. The van der Waals surface area contributed by atoms with Crippen LogP contribution in [-0.4, -0.2) is 0 Å². The quantitative estimate of drug-likeness (QED) is 0.0826. The third-order valence-electron chi connectivity index (χ3n) is 8.87. The Bertz CT molecular complexity index is 2300. The third-order valence-corrected chi connectivity index (χ3v) is 8.87. The maximum atomic E-state index is 16.1. The lowest BCUT2D eigenvalue weighted by atomic mass is 9.83. The Kier molecular flexibility index (Phi) is 5.79. The van der Waals surface area contributed by atoms with Crippen molar-refractivity contribution in [3.05, 3.63) is 144 Å². The van der Waals surface area contributed by atoms with Crippen LogP contribution < -0.4 is 0 Å². The molecule has 0 radical (unpaired) electrons. The highest BCUT2D eigenvalue weighted by Gasteiger charge is 2.27. The summed E-state index contributed by atoms with van der Waals surface area (Å²) in [4.78, 5) is 0. The minimum atomic E-state index is -1.82. The number of rotatable bonds is 2. The van der Waals surface area contributed by atoms with Crippen LogP contribution in [0.25, 0.3) is 76.1 Å². The van der Waals surface area contributed by atoms with Crippen LogP contribution in [0.3, 0.4) is 0 Å². The molecule has 44 heavy (non-hydrogen) atoms.